The molecule has 136 valence electrons. The molecule has 0 amide bonds. The topological polar surface area (TPSA) is 77.8 Å². The van der Waals surface area contributed by atoms with E-state index in [0.29, 0.717) is 6.42 Å². The molecule has 0 saturated carbocycles. The highest BCUT2D eigenvalue weighted by atomic mass is 16.5. The second-order valence-corrected chi connectivity index (χ2v) is 5.81. The zero-order chi connectivity index (χ0) is 18.1. The van der Waals surface area contributed by atoms with E-state index in [1.165, 1.54) is 25.7 Å². The Bertz CT molecular complexity index is 431. The van der Waals surface area contributed by atoms with Crippen LogP contribution < -0.4 is 0 Å². The minimum absolute atomic E-state index is 0.152. The van der Waals surface area contributed by atoms with Gasteiger partial charge in [0.25, 0.3) is 5.79 Å². The van der Waals surface area contributed by atoms with Gasteiger partial charge < -0.3 is 15.3 Å². The first-order valence-electron chi connectivity index (χ1n) is 8.82. The zero-order valence-electron chi connectivity index (χ0n) is 14.7. The third kappa shape index (κ3) is 14.0. The third-order valence-electron chi connectivity index (χ3n) is 3.51. The molecule has 3 N–H and O–H groups in total. The maximum absolute atomic E-state index is 10.5. The fourth-order valence-electron chi connectivity index (χ4n) is 2.01. The van der Waals surface area contributed by atoms with Gasteiger partial charge in [0.1, 0.15) is 0 Å². The molecular formula is C20H32O4. The van der Waals surface area contributed by atoms with Crippen molar-refractivity contribution in [3.05, 3.63) is 48.6 Å². The summed E-state index contributed by atoms with van der Waals surface area (Å²) < 4.78 is 0. The van der Waals surface area contributed by atoms with Gasteiger partial charge in [-0.25, -0.2) is 4.79 Å². The summed E-state index contributed by atoms with van der Waals surface area (Å²) in [6.07, 6.45) is 24.1. The van der Waals surface area contributed by atoms with Crippen LogP contribution >= 0.6 is 0 Å². The van der Waals surface area contributed by atoms with E-state index in [-0.39, 0.29) is 6.42 Å². The maximum atomic E-state index is 10.5. The number of rotatable bonds is 14. The molecule has 0 radical (unpaired) electrons. The van der Waals surface area contributed by atoms with Gasteiger partial charge in [-0.1, -0.05) is 68.4 Å². The fraction of sp³-hybridized carbons (Fsp3) is 0.550. The first-order chi connectivity index (χ1) is 11.5. The third-order valence-corrected chi connectivity index (χ3v) is 3.51. The highest BCUT2D eigenvalue weighted by Gasteiger charge is 2.31. The number of carboxylic acid groups (broad SMARTS) is 1. The van der Waals surface area contributed by atoms with Gasteiger partial charge in [0.2, 0.25) is 0 Å². The number of aliphatic carboxylic acids is 1. The number of carbonyl (C=O) groups is 1. The first kappa shape index (κ1) is 22.4. The van der Waals surface area contributed by atoms with E-state index in [9.17, 15) is 4.79 Å². The molecule has 0 aromatic rings. The Balaban J connectivity index is 3.61. The van der Waals surface area contributed by atoms with Crippen molar-refractivity contribution in [2.45, 2.75) is 70.5 Å². The molecule has 0 aliphatic heterocycles. The monoisotopic (exact) mass is 336 g/mol. The van der Waals surface area contributed by atoms with Gasteiger partial charge in [-0.3, -0.25) is 0 Å². The molecule has 0 rings (SSSR count). The molecule has 0 aromatic heterocycles. The molecule has 0 heterocycles. The molecule has 0 aliphatic rings. The maximum Gasteiger partial charge on any atom is 0.364 e. The number of hydrogen-bond donors (Lipinski definition) is 3. The van der Waals surface area contributed by atoms with Crippen LogP contribution in [-0.4, -0.2) is 27.1 Å². The largest absolute Gasteiger partial charge is 0.477 e. The SMILES string of the molecule is CCCCC/C=C/C/C=C/C=C/C=C/CCCCC(O)(O)C(=O)O. The van der Waals surface area contributed by atoms with E-state index in [1.807, 2.05) is 30.4 Å². The molecule has 0 saturated heterocycles. The van der Waals surface area contributed by atoms with Crippen LogP contribution in [0.4, 0.5) is 0 Å². The minimum atomic E-state index is -2.60. The number of carboxylic acids is 1. The average Bonchev–Trinajstić information content (AvgIpc) is 2.54. The Morgan fingerprint density at radius 1 is 0.833 bits per heavy atom. The summed E-state index contributed by atoms with van der Waals surface area (Å²) in [4.78, 5) is 10.5. The van der Waals surface area contributed by atoms with E-state index >= 15 is 0 Å². The standard InChI is InChI=1S/C20H32O4/c1-2-3-4-5-6-7-8-9-10-11-12-13-14-15-16-17-18-20(23,24)19(21)22/h6-7,9-14,23-24H,2-5,8,15-18H2,1H3,(H,21,22)/b7-6+,10-9+,12-11+,14-13+. The number of allylic oxidation sites excluding steroid dienone is 8. The van der Waals surface area contributed by atoms with Gasteiger partial charge in [-0.15, -0.1) is 0 Å². The van der Waals surface area contributed by atoms with Crippen molar-refractivity contribution in [1.82, 2.24) is 0 Å². The van der Waals surface area contributed by atoms with Crippen molar-refractivity contribution >= 4 is 5.97 Å². The first-order valence-corrected chi connectivity index (χ1v) is 8.82. The van der Waals surface area contributed by atoms with E-state index in [2.05, 4.69) is 25.2 Å². The Morgan fingerprint density at radius 3 is 2.12 bits per heavy atom. The molecule has 0 bridgehead atoms. The highest BCUT2D eigenvalue weighted by molar-refractivity contribution is 5.74. The summed E-state index contributed by atoms with van der Waals surface area (Å²) in [6.45, 7) is 2.21. The van der Waals surface area contributed by atoms with Crippen LogP contribution in [0.2, 0.25) is 0 Å². The number of aliphatic hydroxyl groups is 2. The summed E-state index contributed by atoms with van der Waals surface area (Å²) in [7, 11) is 0. The molecule has 0 atom stereocenters. The second kappa shape index (κ2) is 14.9. The lowest BCUT2D eigenvalue weighted by Crippen LogP contribution is -2.37. The summed E-state index contributed by atoms with van der Waals surface area (Å²) in [5, 5.41) is 26.8. The molecule has 4 heteroatoms. The van der Waals surface area contributed by atoms with Crippen LogP contribution in [0, 0.1) is 0 Å². The quantitative estimate of drug-likeness (QED) is 0.189. The minimum Gasteiger partial charge on any atom is -0.477 e. The van der Waals surface area contributed by atoms with E-state index in [4.69, 9.17) is 15.3 Å². The normalized spacial score (nSPS) is 13.1. The summed E-state index contributed by atoms with van der Waals surface area (Å²) in [6, 6.07) is 0. The van der Waals surface area contributed by atoms with Crippen LogP contribution in [0.5, 0.6) is 0 Å². The Morgan fingerprint density at radius 2 is 1.46 bits per heavy atom. The van der Waals surface area contributed by atoms with Gasteiger partial charge >= 0.3 is 5.97 Å². The van der Waals surface area contributed by atoms with E-state index < -0.39 is 11.8 Å². The van der Waals surface area contributed by atoms with Crippen molar-refractivity contribution in [1.29, 1.82) is 0 Å². The van der Waals surface area contributed by atoms with Crippen molar-refractivity contribution in [3.63, 3.8) is 0 Å². The van der Waals surface area contributed by atoms with Crippen LogP contribution in [0.25, 0.3) is 0 Å². The second-order valence-electron chi connectivity index (χ2n) is 5.81. The van der Waals surface area contributed by atoms with Crippen molar-refractivity contribution < 1.29 is 20.1 Å². The lowest BCUT2D eigenvalue weighted by atomic mass is 10.1. The van der Waals surface area contributed by atoms with Crippen molar-refractivity contribution in [2.24, 2.45) is 0 Å². The van der Waals surface area contributed by atoms with Crippen LogP contribution in [-0.2, 0) is 4.79 Å². The Hall–Kier alpha value is -1.65. The summed E-state index contributed by atoms with van der Waals surface area (Å²) in [5.74, 6) is -4.19. The van der Waals surface area contributed by atoms with Gasteiger partial charge in [0.15, 0.2) is 0 Å². The zero-order valence-corrected chi connectivity index (χ0v) is 14.7. The molecule has 0 spiro atoms. The molecule has 0 aromatic carbocycles. The molecule has 0 aliphatic carbocycles. The molecule has 0 unspecified atom stereocenters. The molecule has 24 heavy (non-hydrogen) atoms. The average molecular weight is 336 g/mol. The predicted molar refractivity (Wildman–Crippen MR) is 98.6 cm³/mol. The van der Waals surface area contributed by atoms with Gasteiger partial charge in [-0.05, 0) is 38.5 Å². The predicted octanol–water partition coefficient (Wildman–Crippen LogP) is 4.51. The van der Waals surface area contributed by atoms with Crippen molar-refractivity contribution in [3.8, 4) is 0 Å². The Kier molecular flexibility index (Phi) is 13.9. The smallest absolute Gasteiger partial charge is 0.364 e. The van der Waals surface area contributed by atoms with Crippen molar-refractivity contribution in [2.75, 3.05) is 0 Å². The van der Waals surface area contributed by atoms with E-state index in [0.717, 1.165) is 19.3 Å². The Labute approximate surface area is 145 Å². The molecule has 4 nitrogen and oxygen atoms in total. The highest BCUT2D eigenvalue weighted by Crippen LogP contribution is 2.12. The van der Waals surface area contributed by atoms with Crippen LogP contribution in [0.3, 0.4) is 0 Å². The lowest BCUT2D eigenvalue weighted by Gasteiger charge is -2.15. The summed E-state index contributed by atoms with van der Waals surface area (Å²) >= 11 is 0. The number of hydrogen-bond acceptors (Lipinski definition) is 3. The van der Waals surface area contributed by atoms with E-state index in [1.54, 1.807) is 0 Å². The number of unbranched alkanes of at least 4 members (excludes halogenated alkanes) is 5. The van der Waals surface area contributed by atoms with Gasteiger partial charge in [0, 0.05) is 6.42 Å². The summed E-state index contributed by atoms with van der Waals surface area (Å²) in [5.41, 5.74) is 0. The van der Waals surface area contributed by atoms with Crippen LogP contribution in [0.15, 0.2) is 48.6 Å². The van der Waals surface area contributed by atoms with Crippen LogP contribution in [0.1, 0.15) is 64.7 Å². The molecule has 0 fully saturated rings. The molecular weight excluding hydrogens is 304 g/mol. The lowest BCUT2D eigenvalue weighted by molar-refractivity contribution is -0.205. The van der Waals surface area contributed by atoms with Gasteiger partial charge in [0.05, 0.1) is 0 Å². The van der Waals surface area contributed by atoms with Gasteiger partial charge in [-0.2, -0.15) is 0 Å². The fourth-order valence-corrected chi connectivity index (χ4v) is 2.01.